The van der Waals surface area contributed by atoms with E-state index in [-0.39, 0.29) is 18.1 Å². The van der Waals surface area contributed by atoms with Crippen molar-refractivity contribution < 1.29 is 4.79 Å². The molecule has 1 amide bonds. The molecule has 1 aromatic carbocycles. The van der Waals surface area contributed by atoms with Crippen molar-refractivity contribution in [2.45, 2.75) is 52.5 Å². The van der Waals surface area contributed by atoms with Gasteiger partial charge in [0.1, 0.15) is 17.7 Å². The first-order valence-electron chi connectivity index (χ1n) is 10.3. The van der Waals surface area contributed by atoms with Crippen LogP contribution in [-0.2, 0) is 24.2 Å². The SMILES string of the molecule is Cc1ccc(NC(=O)Cn2nc3c4c5c(sc4ncn3c2=O)CCCCC5)cc1C. The summed E-state index contributed by atoms with van der Waals surface area (Å²) in [6, 6.07) is 5.75. The smallest absolute Gasteiger partial charge is 0.324 e. The van der Waals surface area contributed by atoms with Gasteiger partial charge in [0.15, 0.2) is 5.65 Å². The number of aromatic nitrogens is 4. The van der Waals surface area contributed by atoms with Crippen LogP contribution in [0.2, 0.25) is 0 Å². The predicted molar refractivity (Wildman–Crippen MR) is 118 cm³/mol. The number of anilines is 1. The maximum Gasteiger partial charge on any atom is 0.352 e. The van der Waals surface area contributed by atoms with E-state index in [1.54, 1.807) is 11.3 Å². The molecule has 0 saturated heterocycles. The second kappa shape index (κ2) is 7.36. The Kier molecular flexibility index (Phi) is 4.66. The molecule has 4 aromatic rings. The quantitative estimate of drug-likeness (QED) is 0.512. The number of carbonyl (C=O) groups excluding carboxylic acids is 1. The zero-order chi connectivity index (χ0) is 20.8. The molecular weight excluding hydrogens is 398 g/mol. The Balaban J connectivity index is 1.50. The van der Waals surface area contributed by atoms with E-state index >= 15 is 0 Å². The summed E-state index contributed by atoms with van der Waals surface area (Å²) in [5, 5.41) is 8.37. The zero-order valence-electron chi connectivity index (χ0n) is 17.1. The van der Waals surface area contributed by atoms with Gasteiger partial charge in [-0.1, -0.05) is 12.5 Å². The van der Waals surface area contributed by atoms with Crippen LogP contribution in [0.4, 0.5) is 5.69 Å². The van der Waals surface area contributed by atoms with Crippen molar-refractivity contribution in [3.05, 3.63) is 56.6 Å². The van der Waals surface area contributed by atoms with E-state index in [0.29, 0.717) is 11.3 Å². The van der Waals surface area contributed by atoms with Gasteiger partial charge >= 0.3 is 5.69 Å². The second-order valence-electron chi connectivity index (χ2n) is 7.97. The molecule has 3 aromatic heterocycles. The van der Waals surface area contributed by atoms with Gasteiger partial charge in [0.25, 0.3) is 0 Å². The molecule has 0 atom stereocenters. The third-order valence-corrected chi connectivity index (χ3v) is 7.07. The molecule has 1 aliphatic rings. The molecule has 1 N–H and O–H groups in total. The average Bonchev–Trinajstić information content (AvgIpc) is 3.12. The molecular formula is C22H23N5O2S. The van der Waals surface area contributed by atoms with Crippen molar-refractivity contribution in [2.24, 2.45) is 0 Å². The lowest BCUT2D eigenvalue weighted by molar-refractivity contribution is -0.117. The molecule has 0 bridgehead atoms. The topological polar surface area (TPSA) is 81.3 Å². The highest BCUT2D eigenvalue weighted by Crippen LogP contribution is 2.35. The first kappa shape index (κ1) is 19.0. The average molecular weight is 422 g/mol. The molecule has 0 fully saturated rings. The van der Waals surface area contributed by atoms with E-state index in [0.717, 1.165) is 40.6 Å². The Hall–Kier alpha value is -3.00. The van der Waals surface area contributed by atoms with Crippen LogP contribution in [0.3, 0.4) is 0 Å². The third kappa shape index (κ3) is 3.21. The maximum atomic E-state index is 12.9. The second-order valence-corrected chi connectivity index (χ2v) is 9.05. The summed E-state index contributed by atoms with van der Waals surface area (Å²) in [5.41, 5.74) is 4.52. The van der Waals surface area contributed by atoms with Gasteiger partial charge < -0.3 is 5.32 Å². The van der Waals surface area contributed by atoms with Crippen molar-refractivity contribution in [2.75, 3.05) is 5.32 Å². The van der Waals surface area contributed by atoms with E-state index < -0.39 is 0 Å². The Morgan fingerprint density at radius 3 is 2.83 bits per heavy atom. The van der Waals surface area contributed by atoms with Crippen LogP contribution in [0.25, 0.3) is 15.9 Å². The first-order valence-corrected chi connectivity index (χ1v) is 11.1. The van der Waals surface area contributed by atoms with Gasteiger partial charge in [-0.25, -0.2) is 18.9 Å². The number of nitrogens with zero attached hydrogens (tertiary/aromatic N) is 4. The van der Waals surface area contributed by atoms with E-state index in [2.05, 4.69) is 15.4 Å². The van der Waals surface area contributed by atoms with Gasteiger partial charge in [0, 0.05) is 10.6 Å². The number of fused-ring (bicyclic) bond motifs is 5. The highest BCUT2D eigenvalue weighted by Gasteiger charge is 2.21. The highest BCUT2D eigenvalue weighted by atomic mass is 32.1. The minimum absolute atomic E-state index is 0.138. The van der Waals surface area contributed by atoms with Gasteiger partial charge in [0.05, 0.1) is 5.39 Å². The van der Waals surface area contributed by atoms with E-state index in [9.17, 15) is 9.59 Å². The van der Waals surface area contributed by atoms with Crippen LogP contribution in [-0.4, -0.2) is 25.1 Å². The fourth-order valence-corrected chi connectivity index (χ4v) is 5.34. The molecule has 8 heteroatoms. The fourth-order valence-electron chi connectivity index (χ4n) is 4.11. The molecule has 5 rings (SSSR count). The zero-order valence-corrected chi connectivity index (χ0v) is 17.9. The Morgan fingerprint density at radius 1 is 1.17 bits per heavy atom. The summed E-state index contributed by atoms with van der Waals surface area (Å²) in [4.78, 5) is 32.2. The summed E-state index contributed by atoms with van der Waals surface area (Å²) in [6.07, 6.45) is 7.13. The van der Waals surface area contributed by atoms with Crippen LogP contribution >= 0.6 is 11.3 Å². The lowest BCUT2D eigenvalue weighted by Gasteiger charge is -2.07. The summed E-state index contributed by atoms with van der Waals surface area (Å²) in [5.74, 6) is -0.280. The number of thiophene rings is 1. The van der Waals surface area contributed by atoms with E-state index in [1.807, 2.05) is 32.0 Å². The first-order chi connectivity index (χ1) is 14.5. The van der Waals surface area contributed by atoms with Gasteiger partial charge in [-0.2, -0.15) is 0 Å². The predicted octanol–water partition coefficient (Wildman–Crippen LogP) is 3.63. The van der Waals surface area contributed by atoms with E-state index in [1.165, 1.54) is 38.7 Å². The molecule has 154 valence electrons. The molecule has 0 radical (unpaired) electrons. The van der Waals surface area contributed by atoms with E-state index in [4.69, 9.17) is 0 Å². The highest BCUT2D eigenvalue weighted by molar-refractivity contribution is 7.19. The Bertz CT molecular complexity index is 1350. The summed E-state index contributed by atoms with van der Waals surface area (Å²) < 4.78 is 2.69. The molecule has 30 heavy (non-hydrogen) atoms. The van der Waals surface area contributed by atoms with Gasteiger partial charge in [0.2, 0.25) is 5.91 Å². The standard InChI is InChI=1S/C22H23N5O2S/c1-13-8-9-15(10-14(13)2)24-18(28)11-27-22(29)26-12-23-21-19(20(26)25-27)16-6-4-3-5-7-17(16)30-21/h8-10,12H,3-7,11H2,1-2H3,(H,24,28). The number of benzene rings is 1. The molecule has 0 spiro atoms. The summed E-state index contributed by atoms with van der Waals surface area (Å²) in [7, 11) is 0. The van der Waals surface area contributed by atoms with Crippen molar-refractivity contribution >= 4 is 38.8 Å². The van der Waals surface area contributed by atoms with Crippen LogP contribution in [0.5, 0.6) is 0 Å². The number of hydrogen-bond acceptors (Lipinski definition) is 5. The normalized spacial score (nSPS) is 14.1. The van der Waals surface area contributed by atoms with Crippen LogP contribution in [0, 0.1) is 13.8 Å². The van der Waals surface area contributed by atoms with Crippen molar-refractivity contribution in [3.8, 4) is 0 Å². The summed E-state index contributed by atoms with van der Waals surface area (Å²) in [6.45, 7) is 3.89. The number of carbonyl (C=O) groups is 1. The lowest BCUT2D eigenvalue weighted by atomic mass is 10.1. The molecule has 0 aliphatic heterocycles. The lowest BCUT2D eigenvalue weighted by Crippen LogP contribution is -2.28. The number of aryl methyl sites for hydroxylation is 4. The van der Waals surface area contributed by atoms with Crippen molar-refractivity contribution in [1.82, 2.24) is 19.2 Å². The largest absolute Gasteiger partial charge is 0.352 e. The number of nitrogens with one attached hydrogen (secondary N) is 1. The van der Waals surface area contributed by atoms with Crippen molar-refractivity contribution in [1.29, 1.82) is 0 Å². The van der Waals surface area contributed by atoms with Gasteiger partial charge in [-0.3, -0.25) is 4.79 Å². The maximum absolute atomic E-state index is 12.9. The minimum Gasteiger partial charge on any atom is -0.324 e. The van der Waals surface area contributed by atoms with Crippen LogP contribution in [0.15, 0.2) is 29.3 Å². The molecule has 1 aliphatic carbocycles. The van der Waals surface area contributed by atoms with Crippen LogP contribution in [0.1, 0.15) is 40.8 Å². The van der Waals surface area contributed by atoms with Crippen LogP contribution < -0.4 is 11.0 Å². The fraction of sp³-hybridized carbons (Fsp3) is 0.364. The van der Waals surface area contributed by atoms with Gasteiger partial charge in [-0.05, 0) is 68.4 Å². The Labute approximate surface area is 177 Å². The minimum atomic E-state index is -0.344. The molecule has 7 nitrogen and oxygen atoms in total. The number of rotatable bonds is 3. The Morgan fingerprint density at radius 2 is 2.00 bits per heavy atom. The molecule has 3 heterocycles. The van der Waals surface area contributed by atoms with Gasteiger partial charge in [-0.15, -0.1) is 16.4 Å². The summed E-state index contributed by atoms with van der Waals surface area (Å²) >= 11 is 1.71. The monoisotopic (exact) mass is 421 g/mol. The van der Waals surface area contributed by atoms with Crippen molar-refractivity contribution in [3.63, 3.8) is 0 Å². The number of amides is 1. The number of hydrogen-bond donors (Lipinski definition) is 1. The molecule has 0 saturated carbocycles. The third-order valence-electron chi connectivity index (χ3n) is 5.87. The molecule has 0 unspecified atom stereocenters.